The van der Waals surface area contributed by atoms with Crippen molar-refractivity contribution in [3.63, 3.8) is 0 Å². The minimum absolute atomic E-state index is 0.0490. The van der Waals surface area contributed by atoms with Crippen LogP contribution in [0.1, 0.15) is 29.9 Å². The van der Waals surface area contributed by atoms with Gasteiger partial charge >= 0.3 is 12.1 Å². The number of fused-ring (bicyclic) bond motifs is 3. The number of alkyl carbamates (subject to hydrolysis) is 1. The van der Waals surface area contributed by atoms with Crippen molar-refractivity contribution in [2.24, 2.45) is 5.92 Å². The van der Waals surface area contributed by atoms with Gasteiger partial charge in [0.15, 0.2) is 0 Å². The quantitative estimate of drug-likeness (QED) is 0.626. The highest BCUT2D eigenvalue weighted by atomic mass is 16.5. The number of amides is 2. The summed E-state index contributed by atoms with van der Waals surface area (Å²) in [6.45, 7) is 0.0731. The number of benzene rings is 2. The van der Waals surface area contributed by atoms with E-state index in [0.29, 0.717) is 0 Å². The molecule has 31 heavy (non-hydrogen) atoms. The Morgan fingerprint density at radius 1 is 1.03 bits per heavy atom. The maximum absolute atomic E-state index is 12.5. The molecule has 4 rings (SSSR count). The SMILES string of the molecule is O=C(O)C#CCNC(=O)C(NC(=O)OCC1c2ccccc2-c2ccccc21)C1CC1. The van der Waals surface area contributed by atoms with Crippen molar-refractivity contribution in [2.45, 2.75) is 24.8 Å². The number of carbonyl (C=O) groups excluding carboxylic acids is 2. The summed E-state index contributed by atoms with van der Waals surface area (Å²) >= 11 is 0. The number of hydrogen-bond acceptors (Lipinski definition) is 4. The molecule has 0 spiro atoms. The van der Waals surface area contributed by atoms with E-state index in [4.69, 9.17) is 9.84 Å². The lowest BCUT2D eigenvalue weighted by Gasteiger charge is -2.19. The second-order valence-corrected chi connectivity index (χ2v) is 7.61. The van der Waals surface area contributed by atoms with Crippen LogP contribution in [0.15, 0.2) is 48.5 Å². The van der Waals surface area contributed by atoms with Crippen LogP contribution >= 0.6 is 0 Å². The number of ether oxygens (including phenoxy) is 1. The predicted molar refractivity (Wildman–Crippen MR) is 113 cm³/mol. The van der Waals surface area contributed by atoms with Gasteiger partial charge in [-0.15, -0.1) is 0 Å². The summed E-state index contributed by atoms with van der Waals surface area (Å²) in [5.41, 5.74) is 4.52. The van der Waals surface area contributed by atoms with Crippen LogP contribution in [-0.2, 0) is 14.3 Å². The van der Waals surface area contributed by atoms with Gasteiger partial charge in [0.25, 0.3) is 0 Å². The first-order valence-corrected chi connectivity index (χ1v) is 10.2. The number of rotatable bonds is 6. The van der Waals surface area contributed by atoms with Crippen molar-refractivity contribution >= 4 is 18.0 Å². The molecule has 7 nitrogen and oxygen atoms in total. The molecule has 158 valence electrons. The lowest BCUT2D eigenvalue weighted by molar-refractivity contribution is -0.130. The molecule has 0 radical (unpaired) electrons. The highest BCUT2D eigenvalue weighted by molar-refractivity contribution is 5.88. The normalized spacial score (nSPS) is 15.0. The average molecular weight is 418 g/mol. The zero-order valence-electron chi connectivity index (χ0n) is 16.8. The van der Waals surface area contributed by atoms with Gasteiger partial charge in [0.2, 0.25) is 5.91 Å². The Hall–Kier alpha value is -3.79. The zero-order valence-corrected chi connectivity index (χ0v) is 16.8. The van der Waals surface area contributed by atoms with Gasteiger partial charge in [-0.25, -0.2) is 9.59 Å². The molecular formula is C24H22N2O5. The third kappa shape index (κ3) is 4.69. The van der Waals surface area contributed by atoms with E-state index in [0.717, 1.165) is 35.1 Å². The summed E-state index contributed by atoms with van der Waals surface area (Å²) in [6, 6.07) is 15.4. The van der Waals surface area contributed by atoms with Crippen LogP contribution in [0.3, 0.4) is 0 Å². The highest BCUT2D eigenvalue weighted by Crippen LogP contribution is 2.44. The summed E-state index contributed by atoms with van der Waals surface area (Å²) < 4.78 is 5.52. The first-order valence-electron chi connectivity index (χ1n) is 10.2. The Kier molecular flexibility index (Phi) is 5.89. The van der Waals surface area contributed by atoms with Crippen LogP contribution in [0.2, 0.25) is 0 Å². The van der Waals surface area contributed by atoms with Crippen LogP contribution in [0.4, 0.5) is 4.79 Å². The molecular weight excluding hydrogens is 396 g/mol. The maximum Gasteiger partial charge on any atom is 0.407 e. The lowest BCUT2D eigenvalue weighted by Crippen LogP contribution is -2.48. The molecule has 3 N–H and O–H groups in total. The van der Waals surface area contributed by atoms with Crippen LogP contribution < -0.4 is 10.6 Å². The molecule has 7 heteroatoms. The Morgan fingerprint density at radius 2 is 1.65 bits per heavy atom. The zero-order chi connectivity index (χ0) is 21.8. The fourth-order valence-electron chi connectivity index (χ4n) is 3.96. The van der Waals surface area contributed by atoms with Crippen molar-refractivity contribution < 1.29 is 24.2 Å². The molecule has 0 aromatic heterocycles. The van der Waals surface area contributed by atoms with Crippen LogP contribution in [0.25, 0.3) is 11.1 Å². The fraction of sp³-hybridized carbons (Fsp3) is 0.292. The monoisotopic (exact) mass is 418 g/mol. The second-order valence-electron chi connectivity index (χ2n) is 7.61. The van der Waals surface area contributed by atoms with Gasteiger partial charge in [0.05, 0.1) is 6.54 Å². The van der Waals surface area contributed by atoms with E-state index in [2.05, 4.69) is 28.7 Å². The Bertz CT molecular complexity index is 1040. The van der Waals surface area contributed by atoms with E-state index in [1.165, 1.54) is 0 Å². The molecule has 1 atom stereocenters. The molecule has 2 amide bonds. The summed E-state index contributed by atoms with van der Waals surface area (Å²) in [4.78, 5) is 35.3. The van der Waals surface area contributed by atoms with E-state index in [-0.39, 0.29) is 25.0 Å². The molecule has 0 heterocycles. The van der Waals surface area contributed by atoms with Gasteiger partial charge in [-0.2, -0.15) is 0 Å². The molecule has 0 bridgehead atoms. The van der Waals surface area contributed by atoms with Gasteiger partial charge in [-0.05, 0) is 41.0 Å². The summed E-state index contributed by atoms with van der Waals surface area (Å²) in [5, 5.41) is 13.7. The first-order chi connectivity index (χ1) is 15.0. The van der Waals surface area contributed by atoms with Crippen molar-refractivity contribution in [3.8, 4) is 23.0 Å². The Morgan fingerprint density at radius 3 is 2.23 bits per heavy atom. The molecule has 2 aliphatic rings. The van der Waals surface area contributed by atoms with E-state index in [9.17, 15) is 14.4 Å². The van der Waals surface area contributed by atoms with E-state index >= 15 is 0 Å². The van der Waals surface area contributed by atoms with E-state index in [1.807, 2.05) is 42.3 Å². The molecule has 1 fully saturated rings. The predicted octanol–water partition coefficient (Wildman–Crippen LogP) is 2.51. The number of carboxylic acids is 1. The van der Waals surface area contributed by atoms with Crippen LogP contribution in [-0.4, -0.2) is 42.3 Å². The maximum atomic E-state index is 12.5. The Labute approximate surface area is 179 Å². The highest BCUT2D eigenvalue weighted by Gasteiger charge is 2.38. The molecule has 0 saturated heterocycles. The minimum Gasteiger partial charge on any atom is -0.472 e. The average Bonchev–Trinajstić information content (AvgIpc) is 3.56. The van der Waals surface area contributed by atoms with Gasteiger partial charge in [-0.1, -0.05) is 54.5 Å². The Balaban J connectivity index is 1.37. The van der Waals surface area contributed by atoms with Gasteiger partial charge in [0.1, 0.15) is 12.6 Å². The first kappa shape index (κ1) is 20.5. The van der Waals surface area contributed by atoms with Gasteiger partial charge < -0.3 is 20.5 Å². The summed E-state index contributed by atoms with van der Waals surface area (Å²) in [5.74, 6) is 2.61. The van der Waals surface area contributed by atoms with Gasteiger partial charge in [-0.3, -0.25) is 4.79 Å². The van der Waals surface area contributed by atoms with Crippen LogP contribution in [0.5, 0.6) is 0 Å². The van der Waals surface area contributed by atoms with E-state index < -0.39 is 24.0 Å². The molecule has 1 saturated carbocycles. The molecule has 2 aromatic carbocycles. The van der Waals surface area contributed by atoms with E-state index in [1.54, 1.807) is 0 Å². The number of carboxylic acid groups (broad SMARTS) is 1. The minimum atomic E-state index is -1.26. The number of aliphatic carboxylic acids is 1. The summed E-state index contributed by atoms with van der Waals surface area (Å²) in [7, 11) is 0. The van der Waals surface area contributed by atoms with Crippen molar-refractivity contribution in [3.05, 3.63) is 59.7 Å². The van der Waals surface area contributed by atoms with Crippen LogP contribution in [0, 0.1) is 17.8 Å². The van der Waals surface area contributed by atoms with Crippen molar-refractivity contribution in [1.29, 1.82) is 0 Å². The van der Waals surface area contributed by atoms with Crippen molar-refractivity contribution in [1.82, 2.24) is 10.6 Å². The third-order valence-corrected chi connectivity index (χ3v) is 5.54. The molecule has 0 aliphatic heterocycles. The number of carbonyl (C=O) groups is 3. The molecule has 1 unspecified atom stereocenters. The third-order valence-electron chi connectivity index (χ3n) is 5.54. The van der Waals surface area contributed by atoms with Gasteiger partial charge in [0, 0.05) is 11.8 Å². The summed E-state index contributed by atoms with van der Waals surface area (Å²) in [6.07, 6.45) is 1.02. The standard InChI is InChI=1S/C24H22N2O5/c27-21(28)10-5-13-25-23(29)22(15-11-12-15)26-24(30)31-14-20-18-8-3-1-6-16(18)17-7-2-4-9-19(17)20/h1-4,6-9,15,20,22H,11-14H2,(H,25,29)(H,26,30)(H,27,28). The lowest BCUT2D eigenvalue weighted by atomic mass is 9.98. The molecule has 2 aliphatic carbocycles. The van der Waals surface area contributed by atoms with Crippen molar-refractivity contribution in [2.75, 3.05) is 13.2 Å². The second kappa shape index (κ2) is 8.92. The smallest absolute Gasteiger partial charge is 0.407 e. The number of nitrogens with one attached hydrogen (secondary N) is 2. The topological polar surface area (TPSA) is 105 Å². The number of hydrogen-bond donors (Lipinski definition) is 3. The largest absolute Gasteiger partial charge is 0.472 e. The molecule has 2 aromatic rings. The fourth-order valence-corrected chi connectivity index (χ4v) is 3.96.